The molecule has 0 amide bonds. The Morgan fingerprint density at radius 1 is 0.455 bits per heavy atom. The van der Waals surface area contributed by atoms with Gasteiger partial charge in [0.15, 0.2) is 0 Å². The molecule has 0 aromatic carbocycles. The van der Waals surface area contributed by atoms with Crippen LogP contribution >= 0.6 is 12.4 Å². The summed E-state index contributed by atoms with van der Waals surface area (Å²) in [6.45, 7) is 0. The first-order valence-corrected chi connectivity index (χ1v) is 0. The van der Waals surface area contributed by atoms with Crippen LogP contribution in [0.1, 0.15) is 0 Å². The Hall–Kier alpha value is 1.08. The zero-order valence-corrected chi connectivity index (χ0v) is 8.50. The van der Waals surface area contributed by atoms with Crippen LogP contribution in [0.25, 0.3) is 0 Å². The molecule has 0 fully saturated rings. The molecule has 0 saturated heterocycles. The van der Waals surface area contributed by atoms with Gasteiger partial charge in [-0.3, -0.25) is 0 Å². The normalized spacial score (nSPS) is 0. The van der Waals surface area contributed by atoms with Crippen molar-refractivity contribution in [2.45, 2.75) is 0 Å². The first-order valence-electron chi connectivity index (χ1n) is 0. The summed E-state index contributed by atoms with van der Waals surface area (Å²) in [5.74, 6) is 0. The Kier molecular flexibility index (Phi) is 110000. The molecule has 11 heteroatoms. The van der Waals surface area contributed by atoms with E-state index in [9.17, 15) is 0 Å². The molecule has 11 heavy (non-hydrogen) atoms. The molecule has 0 rings (SSSR count). The van der Waals surface area contributed by atoms with Gasteiger partial charge in [-0.2, -0.15) is 0 Å². The molecular weight excluding hydrogens is 275 g/mol. The standard InChI is InChI=1S/3ClH.H3N.Ni.6H2O/h3*1H;1H3;;6*1H2/q;;;;+2;;;;;;/p-2. The predicted molar refractivity (Wildman–Crippen MR) is 34.0 cm³/mol. The van der Waals surface area contributed by atoms with E-state index < -0.39 is 0 Å². The van der Waals surface area contributed by atoms with E-state index in [0.29, 0.717) is 0 Å². The maximum Gasteiger partial charge on any atom is 2.00 e. The maximum absolute atomic E-state index is 0. The van der Waals surface area contributed by atoms with Crippen LogP contribution in [0, 0.1) is 0 Å². The molecule has 0 aliphatic carbocycles. The molecule has 0 aromatic rings. The van der Waals surface area contributed by atoms with Crippen molar-refractivity contribution in [1.29, 1.82) is 0 Å². The van der Waals surface area contributed by atoms with E-state index in [2.05, 4.69) is 0 Å². The minimum atomic E-state index is 0. The van der Waals surface area contributed by atoms with Crippen LogP contribution in [0.2, 0.25) is 0 Å². The molecule has 7 nitrogen and oxygen atoms in total. The Labute approximate surface area is 92.9 Å². The average Bonchev–Trinajstić information content (AvgIpc) is 0. The van der Waals surface area contributed by atoms with Gasteiger partial charge in [0.05, 0.1) is 0 Å². The molecule has 0 saturated carbocycles. The summed E-state index contributed by atoms with van der Waals surface area (Å²) < 4.78 is 0. The summed E-state index contributed by atoms with van der Waals surface area (Å²) in [6, 6.07) is 0. The first-order chi connectivity index (χ1) is 0. The molecule has 0 aliphatic heterocycles. The third-order valence-corrected chi connectivity index (χ3v) is 0. The minimum Gasteiger partial charge on any atom is -1.00 e. The third-order valence-electron chi connectivity index (χ3n) is 0. The molecule has 0 bridgehead atoms. The van der Waals surface area contributed by atoms with Gasteiger partial charge in [-0.25, -0.2) is 0 Å². The summed E-state index contributed by atoms with van der Waals surface area (Å²) in [7, 11) is 0. The first kappa shape index (κ1) is 1260. The second-order valence-electron chi connectivity index (χ2n) is 0. The third kappa shape index (κ3) is 779. The van der Waals surface area contributed by atoms with Crippen molar-refractivity contribution in [3.8, 4) is 0 Å². The van der Waals surface area contributed by atoms with Gasteiger partial charge in [0.2, 0.25) is 0 Å². The Bertz CT molecular complexity index is 17.8. The molecule has 88 valence electrons. The molecule has 0 atom stereocenters. The number of halogens is 3. The Morgan fingerprint density at radius 3 is 0.455 bits per heavy atom. The second kappa shape index (κ2) is 960. The van der Waals surface area contributed by atoms with Gasteiger partial charge in [0.25, 0.3) is 0 Å². The monoisotopic (exact) mass is 289 g/mol. The van der Waals surface area contributed by atoms with Crippen LogP contribution in [-0.4, -0.2) is 32.9 Å². The van der Waals surface area contributed by atoms with E-state index in [1.165, 1.54) is 0 Å². The molecule has 0 aromatic heterocycles. The Morgan fingerprint density at radius 2 is 0.455 bits per heavy atom. The van der Waals surface area contributed by atoms with Crippen molar-refractivity contribution in [3.05, 3.63) is 0 Å². The molecule has 15 N–H and O–H groups in total. The molecular formula is H16Cl3NNiO6. The average molecular weight is 291 g/mol. The van der Waals surface area contributed by atoms with Gasteiger partial charge in [-0.1, -0.05) is 0 Å². The quantitative estimate of drug-likeness (QED) is 0.421. The van der Waals surface area contributed by atoms with E-state index in [1.807, 2.05) is 0 Å². The smallest absolute Gasteiger partial charge is 1.00 e. The minimum absolute atomic E-state index is 0. The summed E-state index contributed by atoms with van der Waals surface area (Å²) in [4.78, 5) is 0. The number of hydrogen-bond acceptors (Lipinski definition) is 1. The van der Waals surface area contributed by atoms with Gasteiger partial charge < -0.3 is 63.8 Å². The van der Waals surface area contributed by atoms with Crippen molar-refractivity contribution < 1.29 is 74.2 Å². The van der Waals surface area contributed by atoms with Crippen molar-refractivity contribution in [1.82, 2.24) is 6.15 Å². The van der Waals surface area contributed by atoms with Crippen LogP contribution in [0.4, 0.5) is 0 Å². The molecule has 0 radical (unpaired) electrons. The SMILES string of the molecule is Cl.N.O.O.O.O.O.O.[Cl-].[Cl-].[Ni+2]. The van der Waals surface area contributed by atoms with Crippen LogP contribution in [0.15, 0.2) is 0 Å². The Balaban J connectivity index is 0. The molecule has 0 spiro atoms. The summed E-state index contributed by atoms with van der Waals surface area (Å²) in [5, 5.41) is 0. The van der Waals surface area contributed by atoms with Crippen LogP contribution in [0.3, 0.4) is 0 Å². The van der Waals surface area contributed by atoms with Gasteiger partial charge in [-0.05, 0) is 0 Å². The zero-order valence-electron chi connectivity index (χ0n) is 5.19. The topological polar surface area (TPSA) is 224 Å². The van der Waals surface area contributed by atoms with Gasteiger partial charge >= 0.3 is 16.5 Å². The van der Waals surface area contributed by atoms with Gasteiger partial charge in [0.1, 0.15) is 0 Å². The van der Waals surface area contributed by atoms with Crippen molar-refractivity contribution in [3.63, 3.8) is 0 Å². The van der Waals surface area contributed by atoms with Crippen molar-refractivity contribution in [2.24, 2.45) is 0 Å². The van der Waals surface area contributed by atoms with Crippen LogP contribution in [0.5, 0.6) is 0 Å². The predicted octanol–water partition coefficient (Wildman–Crippen LogP) is -10.4. The van der Waals surface area contributed by atoms with E-state index in [4.69, 9.17) is 0 Å². The van der Waals surface area contributed by atoms with E-state index >= 15 is 0 Å². The number of hydrogen-bond donors (Lipinski definition) is 1. The van der Waals surface area contributed by atoms with Gasteiger partial charge in [-0.15, -0.1) is 12.4 Å². The van der Waals surface area contributed by atoms with E-state index in [1.54, 1.807) is 0 Å². The molecule has 0 heterocycles. The van der Waals surface area contributed by atoms with E-state index in [0.717, 1.165) is 0 Å². The van der Waals surface area contributed by atoms with Crippen molar-refractivity contribution in [2.75, 3.05) is 0 Å². The fraction of sp³-hybridized carbons (Fsp3) is 0. The zero-order chi connectivity index (χ0) is 0. The van der Waals surface area contributed by atoms with Crippen LogP contribution < -0.4 is 31.0 Å². The fourth-order valence-electron chi connectivity index (χ4n) is 0. The molecule has 0 unspecified atom stereocenters. The second-order valence-corrected chi connectivity index (χ2v) is 0. The van der Waals surface area contributed by atoms with Crippen LogP contribution in [-0.2, 0) is 16.5 Å². The summed E-state index contributed by atoms with van der Waals surface area (Å²) in [5.41, 5.74) is 0. The largest absolute Gasteiger partial charge is 2.00 e. The summed E-state index contributed by atoms with van der Waals surface area (Å²) >= 11 is 0. The van der Waals surface area contributed by atoms with E-state index in [-0.39, 0.29) is 92.7 Å². The molecule has 0 aliphatic rings. The van der Waals surface area contributed by atoms with Crippen molar-refractivity contribution >= 4 is 12.4 Å². The summed E-state index contributed by atoms with van der Waals surface area (Å²) in [6.07, 6.45) is 0. The maximum atomic E-state index is 0. The van der Waals surface area contributed by atoms with Gasteiger partial charge in [0, 0.05) is 0 Å². The number of rotatable bonds is 0. The fourth-order valence-corrected chi connectivity index (χ4v) is 0.